The highest BCUT2D eigenvalue weighted by Gasteiger charge is 2.28. The molecular weight excluding hydrogens is 630 g/mol. The number of alkyl carbamates (subject to hydrolysis) is 1. The molecule has 0 fully saturated rings. The molecule has 0 heterocycles. The summed E-state index contributed by atoms with van der Waals surface area (Å²) in [6.45, 7) is 8.92. The first kappa shape index (κ1) is 41.9. The molecule has 1 amide bonds. The van der Waals surface area contributed by atoms with E-state index in [4.69, 9.17) is 28.4 Å². The molecule has 0 radical (unpaired) electrons. The lowest BCUT2D eigenvalue weighted by Crippen LogP contribution is -2.27. The maximum absolute atomic E-state index is 12.3. The fraction of sp³-hybridized carbons (Fsp3) is 0.690. The molecule has 2 aromatic carbocycles. The van der Waals surface area contributed by atoms with Crippen LogP contribution in [0.4, 0.5) is 4.79 Å². The number of amides is 1. The molecule has 1 N–H and O–H groups in total. The second kappa shape index (κ2) is 29.1. The molecule has 282 valence electrons. The van der Waals surface area contributed by atoms with Crippen molar-refractivity contribution in [2.24, 2.45) is 0 Å². The monoisotopic (exact) mass is 697 g/mol. The Morgan fingerprint density at radius 2 is 0.880 bits per heavy atom. The van der Waals surface area contributed by atoms with Gasteiger partial charge in [-0.25, -0.2) is 4.79 Å². The molecule has 0 aliphatic heterocycles. The molecule has 0 aromatic heterocycles. The van der Waals surface area contributed by atoms with Crippen LogP contribution in [-0.2, 0) is 28.4 Å². The average Bonchev–Trinajstić information content (AvgIpc) is 3.46. The molecule has 0 saturated heterocycles. The minimum atomic E-state index is -0.399. The Kier molecular flexibility index (Phi) is 24.4. The van der Waals surface area contributed by atoms with Gasteiger partial charge in [-0.15, -0.1) is 0 Å². The minimum Gasteiger partial charge on any atom is -0.449 e. The summed E-state index contributed by atoms with van der Waals surface area (Å²) in [5, 5.41) is 2.82. The first-order chi connectivity index (χ1) is 24.8. The smallest absolute Gasteiger partial charge is 0.407 e. The van der Waals surface area contributed by atoms with Crippen LogP contribution in [0.1, 0.15) is 120 Å². The van der Waals surface area contributed by atoms with E-state index in [2.05, 4.69) is 36.5 Å². The SMILES string of the molecule is CCCCCCCCCCCCCCCCOCCOCCOCCOCCOCCCNC(=O)OCC1c2ccccc2-c2ccccc21. The Balaban J connectivity index is 0.971. The van der Waals surface area contributed by atoms with Gasteiger partial charge in [-0.2, -0.15) is 0 Å². The molecule has 1 aliphatic carbocycles. The van der Waals surface area contributed by atoms with Crippen molar-refractivity contribution in [3.05, 3.63) is 59.7 Å². The van der Waals surface area contributed by atoms with E-state index in [1.54, 1.807) is 0 Å². The van der Waals surface area contributed by atoms with Crippen LogP contribution in [0.5, 0.6) is 0 Å². The fourth-order valence-electron chi connectivity index (χ4n) is 6.39. The topological polar surface area (TPSA) is 84.5 Å². The number of unbranched alkanes of at least 4 members (excludes halogenated alkanes) is 13. The van der Waals surface area contributed by atoms with Gasteiger partial charge < -0.3 is 33.7 Å². The number of carbonyl (C=O) groups excluding carboxylic acids is 1. The van der Waals surface area contributed by atoms with Crippen molar-refractivity contribution in [1.29, 1.82) is 0 Å². The summed E-state index contributed by atoms with van der Waals surface area (Å²) < 4.78 is 33.6. The highest BCUT2D eigenvalue weighted by molar-refractivity contribution is 5.79. The second-order valence-corrected chi connectivity index (χ2v) is 13.3. The lowest BCUT2D eigenvalue weighted by atomic mass is 9.98. The molecule has 50 heavy (non-hydrogen) atoms. The number of carbonyl (C=O) groups is 1. The standard InChI is InChI=1S/C42H67NO7/c1-2-3-4-5-6-7-8-9-10-11-12-13-14-19-26-45-28-30-47-32-34-49-35-33-48-31-29-46-27-20-25-43-42(44)50-36-41-39-23-17-15-21-37(39)38-22-16-18-24-40(38)41/h15-18,21-24,41H,2-14,19-20,25-36H2,1H3,(H,43,44). The van der Waals surface area contributed by atoms with Gasteiger partial charge >= 0.3 is 6.09 Å². The van der Waals surface area contributed by atoms with Crippen molar-refractivity contribution in [3.8, 4) is 11.1 Å². The van der Waals surface area contributed by atoms with E-state index in [0.29, 0.717) is 79.0 Å². The highest BCUT2D eigenvalue weighted by atomic mass is 16.6. The van der Waals surface area contributed by atoms with E-state index in [9.17, 15) is 4.79 Å². The lowest BCUT2D eigenvalue weighted by Gasteiger charge is -2.14. The van der Waals surface area contributed by atoms with Crippen LogP contribution in [0.15, 0.2) is 48.5 Å². The molecule has 0 bridgehead atoms. The molecular formula is C42H67NO7. The third-order valence-corrected chi connectivity index (χ3v) is 9.21. The molecule has 8 nitrogen and oxygen atoms in total. The minimum absolute atomic E-state index is 0.0636. The maximum atomic E-state index is 12.3. The Hall–Kier alpha value is -2.49. The lowest BCUT2D eigenvalue weighted by molar-refractivity contribution is -0.0113. The summed E-state index contributed by atoms with van der Waals surface area (Å²) in [4.78, 5) is 12.3. The summed E-state index contributed by atoms with van der Waals surface area (Å²) in [6, 6.07) is 16.7. The predicted octanol–water partition coefficient (Wildman–Crippen LogP) is 9.48. The number of nitrogens with one attached hydrogen (secondary N) is 1. The van der Waals surface area contributed by atoms with Gasteiger partial charge in [0, 0.05) is 25.7 Å². The number of rotatable bonds is 33. The Morgan fingerprint density at radius 1 is 0.500 bits per heavy atom. The Labute approximate surface area is 303 Å². The molecule has 0 spiro atoms. The maximum Gasteiger partial charge on any atom is 0.407 e. The highest BCUT2D eigenvalue weighted by Crippen LogP contribution is 2.44. The van der Waals surface area contributed by atoms with Gasteiger partial charge in [-0.05, 0) is 35.1 Å². The predicted molar refractivity (Wildman–Crippen MR) is 202 cm³/mol. The molecule has 0 saturated carbocycles. The third-order valence-electron chi connectivity index (χ3n) is 9.21. The molecule has 0 atom stereocenters. The number of benzene rings is 2. The summed E-state index contributed by atoms with van der Waals surface area (Å²) in [5.74, 6) is 0.0636. The van der Waals surface area contributed by atoms with Crippen LogP contribution >= 0.6 is 0 Å². The van der Waals surface area contributed by atoms with Crippen molar-refractivity contribution in [1.82, 2.24) is 5.32 Å². The summed E-state index contributed by atoms with van der Waals surface area (Å²) in [7, 11) is 0. The Morgan fingerprint density at radius 3 is 1.34 bits per heavy atom. The van der Waals surface area contributed by atoms with Gasteiger partial charge in [0.2, 0.25) is 0 Å². The first-order valence-corrected chi connectivity index (χ1v) is 19.8. The normalized spacial score (nSPS) is 12.3. The van der Waals surface area contributed by atoms with Gasteiger partial charge in [0.25, 0.3) is 0 Å². The number of fused-ring (bicyclic) bond motifs is 3. The van der Waals surface area contributed by atoms with Crippen LogP contribution < -0.4 is 5.32 Å². The van der Waals surface area contributed by atoms with E-state index >= 15 is 0 Å². The molecule has 3 rings (SSSR count). The van der Waals surface area contributed by atoms with Crippen molar-refractivity contribution >= 4 is 6.09 Å². The quantitative estimate of drug-likeness (QED) is 0.0744. The van der Waals surface area contributed by atoms with E-state index in [0.717, 1.165) is 13.0 Å². The van der Waals surface area contributed by atoms with Crippen LogP contribution in [0, 0.1) is 0 Å². The number of hydrogen-bond acceptors (Lipinski definition) is 7. The Bertz CT molecular complexity index is 1070. The van der Waals surface area contributed by atoms with Crippen molar-refractivity contribution in [2.75, 3.05) is 79.2 Å². The summed E-state index contributed by atoms with van der Waals surface area (Å²) >= 11 is 0. The zero-order chi connectivity index (χ0) is 35.2. The largest absolute Gasteiger partial charge is 0.449 e. The molecule has 1 aliphatic rings. The van der Waals surface area contributed by atoms with Crippen LogP contribution in [0.3, 0.4) is 0 Å². The third kappa shape index (κ3) is 18.7. The van der Waals surface area contributed by atoms with E-state index < -0.39 is 6.09 Å². The van der Waals surface area contributed by atoms with Gasteiger partial charge in [0.05, 0.1) is 52.9 Å². The van der Waals surface area contributed by atoms with E-state index in [1.165, 1.54) is 106 Å². The van der Waals surface area contributed by atoms with Gasteiger partial charge in [-0.1, -0.05) is 139 Å². The van der Waals surface area contributed by atoms with E-state index in [1.807, 2.05) is 24.3 Å². The van der Waals surface area contributed by atoms with Gasteiger partial charge in [0.1, 0.15) is 6.61 Å². The molecule has 8 heteroatoms. The second-order valence-electron chi connectivity index (χ2n) is 13.3. The zero-order valence-electron chi connectivity index (χ0n) is 31.1. The zero-order valence-corrected chi connectivity index (χ0v) is 31.1. The van der Waals surface area contributed by atoms with Gasteiger partial charge in [0.15, 0.2) is 0 Å². The summed E-state index contributed by atoms with van der Waals surface area (Å²) in [6.07, 6.45) is 19.5. The van der Waals surface area contributed by atoms with Crippen molar-refractivity contribution < 1.29 is 33.2 Å². The van der Waals surface area contributed by atoms with Crippen molar-refractivity contribution in [3.63, 3.8) is 0 Å². The van der Waals surface area contributed by atoms with Gasteiger partial charge in [-0.3, -0.25) is 0 Å². The van der Waals surface area contributed by atoms with Crippen molar-refractivity contribution in [2.45, 2.75) is 109 Å². The molecule has 0 unspecified atom stereocenters. The van der Waals surface area contributed by atoms with Crippen LogP contribution in [0.25, 0.3) is 11.1 Å². The first-order valence-electron chi connectivity index (χ1n) is 19.8. The average molecular weight is 698 g/mol. The van der Waals surface area contributed by atoms with E-state index in [-0.39, 0.29) is 5.92 Å². The number of ether oxygens (including phenoxy) is 6. The fourth-order valence-corrected chi connectivity index (χ4v) is 6.39. The van der Waals surface area contributed by atoms with Crippen LogP contribution in [-0.4, -0.2) is 85.3 Å². The molecule has 2 aromatic rings. The number of hydrogen-bond donors (Lipinski definition) is 1. The summed E-state index contributed by atoms with van der Waals surface area (Å²) in [5.41, 5.74) is 4.86. The van der Waals surface area contributed by atoms with Crippen LogP contribution in [0.2, 0.25) is 0 Å².